The van der Waals surface area contributed by atoms with Crippen molar-refractivity contribution in [2.24, 2.45) is 5.92 Å². The van der Waals surface area contributed by atoms with Crippen LogP contribution in [0.15, 0.2) is 30.3 Å². The molecule has 48 heavy (non-hydrogen) atoms. The van der Waals surface area contributed by atoms with E-state index in [9.17, 15) is 27.6 Å². The molecule has 1 aromatic heterocycles. The minimum Gasteiger partial charge on any atom is -0.444 e. The van der Waals surface area contributed by atoms with Gasteiger partial charge in [0.2, 0.25) is 11.8 Å². The molecule has 1 aromatic carbocycles. The van der Waals surface area contributed by atoms with E-state index in [4.69, 9.17) is 16.3 Å². The first-order valence-corrected chi connectivity index (χ1v) is 16.2. The van der Waals surface area contributed by atoms with Crippen LogP contribution in [0, 0.1) is 12.8 Å². The van der Waals surface area contributed by atoms with Gasteiger partial charge in [-0.05, 0) is 65.4 Å². The van der Waals surface area contributed by atoms with Crippen LogP contribution in [0.2, 0.25) is 5.02 Å². The number of piperidine rings is 1. The normalized spacial score (nSPS) is 23.7. The van der Waals surface area contributed by atoms with E-state index in [-0.39, 0.29) is 31.0 Å². The Hall–Kier alpha value is -3.65. The molecular formula is C33H41ClF4N6O4. The second-order valence-electron chi connectivity index (χ2n) is 13.8. The average molecular weight is 697 g/mol. The standard InChI is InChI=1S/C33H41ClF4N6O4/c1-19-14-21(33(36,37)38)16-26(39-19)44-27(45)15-20-17-42(29-22(34)8-7-9-25(29)41(6)30(46)28(20)44)13-12-40(5)24-10-11-43(18-23(24)35)31(47)48-32(2,3)4/h7-9,14,16,20,23-24,28H,10-13,15,17-18H2,1-6H3/t20-,23-,24+,28+/m1/s1. The van der Waals surface area contributed by atoms with Crippen LogP contribution in [0.3, 0.4) is 0 Å². The Labute approximate surface area is 282 Å². The molecule has 0 N–H and O–H groups in total. The summed E-state index contributed by atoms with van der Waals surface area (Å²) in [4.78, 5) is 52.0. The molecule has 2 aromatic rings. The lowest BCUT2D eigenvalue weighted by molar-refractivity contribution is -0.137. The van der Waals surface area contributed by atoms with Crippen molar-refractivity contribution in [2.45, 2.75) is 70.6 Å². The first-order valence-electron chi connectivity index (χ1n) is 15.9. The third kappa shape index (κ3) is 7.34. The van der Waals surface area contributed by atoms with Crippen molar-refractivity contribution in [3.05, 3.63) is 46.6 Å². The Bertz CT molecular complexity index is 1570. The van der Waals surface area contributed by atoms with Crippen molar-refractivity contribution >= 4 is 46.7 Å². The molecule has 10 nitrogen and oxygen atoms in total. The van der Waals surface area contributed by atoms with Gasteiger partial charge in [-0.3, -0.25) is 19.4 Å². The molecule has 0 bridgehead atoms. The quantitative estimate of drug-likeness (QED) is 0.379. The molecule has 4 heterocycles. The van der Waals surface area contributed by atoms with Gasteiger partial charge in [0.15, 0.2) is 0 Å². The number of alkyl halides is 4. The van der Waals surface area contributed by atoms with Crippen LogP contribution in [0.25, 0.3) is 0 Å². The number of likely N-dealkylation sites (N-methyl/N-ethyl adjacent to an activating group) is 2. The highest BCUT2D eigenvalue weighted by molar-refractivity contribution is 6.34. The van der Waals surface area contributed by atoms with Crippen molar-refractivity contribution in [3.8, 4) is 0 Å². The fourth-order valence-electron chi connectivity index (χ4n) is 6.79. The van der Waals surface area contributed by atoms with Gasteiger partial charge in [-0.15, -0.1) is 0 Å². The molecule has 0 saturated carbocycles. The summed E-state index contributed by atoms with van der Waals surface area (Å²) < 4.78 is 62.1. The van der Waals surface area contributed by atoms with Crippen molar-refractivity contribution in [2.75, 3.05) is 61.5 Å². The minimum atomic E-state index is -4.67. The topological polar surface area (TPSA) is 89.5 Å². The number of anilines is 3. The van der Waals surface area contributed by atoms with Gasteiger partial charge in [-0.25, -0.2) is 14.2 Å². The second-order valence-corrected chi connectivity index (χ2v) is 14.2. The zero-order valence-corrected chi connectivity index (χ0v) is 28.6. The van der Waals surface area contributed by atoms with Gasteiger partial charge in [0, 0.05) is 57.3 Å². The van der Waals surface area contributed by atoms with Gasteiger partial charge in [0.1, 0.15) is 23.6 Å². The van der Waals surface area contributed by atoms with E-state index in [1.54, 1.807) is 53.1 Å². The zero-order chi connectivity index (χ0) is 35.3. The zero-order valence-electron chi connectivity index (χ0n) is 27.9. The third-order valence-electron chi connectivity index (χ3n) is 9.07. The summed E-state index contributed by atoms with van der Waals surface area (Å²) in [5, 5.41) is 0.374. The lowest BCUT2D eigenvalue weighted by Gasteiger charge is -2.42. The van der Waals surface area contributed by atoms with Crippen molar-refractivity contribution < 1.29 is 36.7 Å². The molecule has 0 aliphatic carbocycles. The number of pyridine rings is 1. The van der Waals surface area contributed by atoms with Crippen LogP contribution >= 0.6 is 11.6 Å². The highest BCUT2D eigenvalue weighted by Gasteiger charge is 2.49. The lowest BCUT2D eigenvalue weighted by atomic mass is 9.95. The van der Waals surface area contributed by atoms with Crippen LogP contribution in [0.4, 0.5) is 39.5 Å². The van der Waals surface area contributed by atoms with Gasteiger partial charge in [-0.2, -0.15) is 13.2 Å². The van der Waals surface area contributed by atoms with E-state index in [1.165, 1.54) is 16.7 Å². The Balaban J connectivity index is 1.39. The summed E-state index contributed by atoms with van der Waals surface area (Å²) in [6, 6.07) is 5.22. The van der Waals surface area contributed by atoms with Gasteiger partial charge in [0.05, 0.1) is 28.5 Å². The molecule has 3 aliphatic rings. The monoisotopic (exact) mass is 696 g/mol. The maximum Gasteiger partial charge on any atom is 0.416 e. The predicted octanol–water partition coefficient (Wildman–Crippen LogP) is 5.55. The largest absolute Gasteiger partial charge is 0.444 e. The second kappa shape index (κ2) is 13.3. The summed E-state index contributed by atoms with van der Waals surface area (Å²) >= 11 is 6.73. The van der Waals surface area contributed by atoms with E-state index in [0.29, 0.717) is 42.5 Å². The SMILES string of the molecule is Cc1cc(C(F)(F)F)cc(N2C(=O)C[C@@H]3CN(CCN(C)[C@H]4CCN(C(=O)OC(C)(C)C)C[C@H]4F)c4c(Cl)cccc4N(C)C(=O)[C@H]32)n1. The maximum atomic E-state index is 15.5. The Morgan fingerprint density at radius 1 is 1.15 bits per heavy atom. The molecule has 0 radical (unpaired) electrons. The Kier molecular flexibility index (Phi) is 9.91. The van der Waals surface area contributed by atoms with Crippen LogP contribution in [0.5, 0.6) is 0 Å². The lowest BCUT2D eigenvalue weighted by Crippen LogP contribution is -2.55. The molecule has 0 spiro atoms. The number of fused-ring (bicyclic) bond motifs is 2. The molecule has 3 amide bonds. The fraction of sp³-hybridized carbons (Fsp3) is 0.576. The van der Waals surface area contributed by atoms with Gasteiger partial charge in [-0.1, -0.05) is 17.7 Å². The molecule has 15 heteroatoms. The van der Waals surface area contributed by atoms with Crippen molar-refractivity contribution in [3.63, 3.8) is 0 Å². The molecular weight excluding hydrogens is 656 g/mol. The number of ether oxygens (including phenoxy) is 1. The molecule has 2 saturated heterocycles. The number of aryl methyl sites for hydroxylation is 1. The number of likely N-dealkylation sites (tertiary alicyclic amines) is 1. The predicted molar refractivity (Wildman–Crippen MR) is 174 cm³/mol. The van der Waals surface area contributed by atoms with Crippen molar-refractivity contribution in [1.29, 1.82) is 0 Å². The molecule has 262 valence electrons. The number of para-hydroxylation sites is 1. The number of amides is 3. The van der Waals surface area contributed by atoms with Crippen molar-refractivity contribution in [1.82, 2.24) is 14.8 Å². The van der Waals surface area contributed by atoms with E-state index in [0.717, 1.165) is 17.0 Å². The molecule has 2 fully saturated rings. The number of carbonyl (C=O) groups excluding carboxylic acids is 3. The van der Waals surface area contributed by atoms with E-state index in [2.05, 4.69) is 4.98 Å². The summed E-state index contributed by atoms with van der Waals surface area (Å²) in [5.41, 5.74) is -0.556. The van der Waals surface area contributed by atoms with E-state index < -0.39 is 59.4 Å². The van der Waals surface area contributed by atoms with E-state index >= 15 is 4.39 Å². The Morgan fingerprint density at radius 2 is 1.85 bits per heavy atom. The number of benzene rings is 1. The summed E-state index contributed by atoms with van der Waals surface area (Å²) in [5.74, 6) is -1.82. The number of aromatic nitrogens is 1. The van der Waals surface area contributed by atoms with Crippen LogP contribution in [-0.4, -0.2) is 103 Å². The summed E-state index contributed by atoms with van der Waals surface area (Å²) in [7, 11) is 3.35. The third-order valence-corrected chi connectivity index (χ3v) is 9.38. The smallest absolute Gasteiger partial charge is 0.416 e. The number of nitrogens with zero attached hydrogens (tertiary/aromatic N) is 6. The highest BCUT2D eigenvalue weighted by atomic mass is 35.5. The average Bonchev–Trinajstić information content (AvgIpc) is 3.31. The van der Waals surface area contributed by atoms with Gasteiger partial charge >= 0.3 is 12.3 Å². The molecule has 5 rings (SSSR count). The minimum absolute atomic E-state index is 0.0626. The van der Waals surface area contributed by atoms with E-state index in [1.807, 2.05) is 9.80 Å². The number of carbonyl (C=O) groups is 3. The van der Waals surface area contributed by atoms with Crippen LogP contribution in [0.1, 0.15) is 44.9 Å². The molecule has 0 unspecified atom stereocenters. The number of hydrogen-bond donors (Lipinski definition) is 0. The van der Waals surface area contributed by atoms with Crippen LogP contribution < -0.4 is 14.7 Å². The fourth-order valence-corrected chi connectivity index (χ4v) is 7.08. The van der Waals surface area contributed by atoms with Gasteiger partial charge in [0.25, 0.3) is 0 Å². The summed E-state index contributed by atoms with van der Waals surface area (Å²) in [6.07, 6.45) is -6.25. The van der Waals surface area contributed by atoms with Crippen LogP contribution in [-0.2, 0) is 20.5 Å². The van der Waals surface area contributed by atoms with Gasteiger partial charge < -0.3 is 19.4 Å². The first-order chi connectivity index (χ1) is 22.4. The number of halogens is 5. The molecule has 4 atom stereocenters. The number of rotatable bonds is 5. The Morgan fingerprint density at radius 3 is 2.50 bits per heavy atom. The highest BCUT2D eigenvalue weighted by Crippen LogP contribution is 2.43. The number of hydrogen-bond acceptors (Lipinski definition) is 7. The first kappa shape index (κ1) is 35.7. The molecule has 3 aliphatic heterocycles. The summed E-state index contributed by atoms with van der Waals surface area (Å²) in [6.45, 7) is 7.81. The maximum absolute atomic E-state index is 15.5.